The van der Waals surface area contributed by atoms with Gasteiger partial charge in [0, 0.05) is 4.53 Å². The first kappa shape index (κ1) is 7.72. The molecule has 0 N–H and O–H groups in total. The molecular weight excluding hydrogens is 147 g/mol. The maximum absolute atomic E-state index is 11.3. The van der Waals surface area contributed by atoms with Crippen LogP contribution in [0.1, 0.15) is 15.9 Å². The summed E-state index contributed by atoms with van der Waals surface area (Å²) in [6, 6.07) is 6.45. The Labute approximate surface area is 63.5 Å². The third kappa shape index (κ3) is 1.77. The number of hydrogen-bond donors (Lipinski definition) is 0. The van der Waals surface area contributed by atoms with Crippen molar-refractivity contribution in [2.24, 2.45) is 0 Å². The molecule has 2 nitrogen and oxygen atoms in total. The van der Waals surface area contributed by atoms with Crippen molar-refractivity contribution in [2.45, 2.75) is 6.92 Å². The zero-order chi connectivity index (χ0) is 8.27. The molecule has 0 aliphatic heterocycles. The van der Waals surface area contributed by atoms with Crippen LogP contribution in [0.15, 0.2) is 24.3 Å². The molecule has 3 heteroatoms. The maximum atomic E-state index is 11.3. The highest BCUT2D eigenvalue weighted by Crippen LogP contribution is 2.04. The van der Waals surface area contributed by atoms with Gasteiger partial charge in [-0.15, -0.1) is 0 Å². The monoisotopic (exact) mass is 154 g/mol. The van der Waals surface area contributed by atoms with Crippen molar-refractivity contribution in [3.63, 3.8) is 0 Å². The third-order valence-corrected chi connectivity index (χ3v) is 1.36. The summed E-state index contributed by atoms with van der Waals surface area (Å²) in [4.78, 5) is 13.6. The van der Waals surface area contributed by atoms with Crippen molar-refractivity contribution in [3.8, 4) is 0 Å². The summed E-state index contributed by atoms with van der Waals surface area (Å²) in [5.41, 5.74) is 1.23. The number of halogens is 1. The van der Waals surface area contributed by atoms with Crippen molar-refractivity contribution in [3.05, 3.63) is 35.4 Å². The van der Waals surface area contributed by atoms with Crippen molar-refractivity contribution in [1.29, 1.82) is 0 Å². The Kier molecular flexibility index (Phi) is 2.21. The van der Waals surface area contributed by atoms with E-state index in [1.54, 1.807) is 12.1 Å². The average molecular weight is 154 g/mol. The number of rotatable bonds is 1. The second kappa shape index (κ2) is 3.14. The highest BCUT2D eigenvalue weighted by molar-refractivity contribution is 5.88. The molecule has 0 radical (unpaired) electrons. The SMILES string of the molecule is Cc1ccc(C(=O)OF)cc1. The summed E-state index contributed by atoms with van der Waals surface area (Å²) >= 11 is 0. The number of carbonyl (C=O) groups is 1. The molecular formula is C8H7FO2. The molecule has 11 heavy (non-hydrogen) atoms. The van der Waals surface area contributed by atoms with Crippen LogP contribution in [0.2, 0.25) is 0 Å². The Morgan fingerprint density at radius 3 is 2.36 bits per heavy atom. The van der Waals surface area contributed by atoms with E-state index in [2.05, 4.69) is 4.94 Å². The van der Waals surface area contributed by atoms with Gasteiger partial charge in [-0.3, -0.25) is 0 Å². The second-order valence-electron chi connectivity index (χ2n) is 2.23. The molecule has 0 atom stereocenters. The molecule has 0 heterocycles. The quantitative estimate of drug-likeness (QED) is 0.618. The lowest BCUT2D eigenvalue weighted by Crippen LogP contribution is -1.97. The van der Waals surface area contributed by atoms with Crippen molar-refractivity contribution < 1.29 is 14.3 Å². The summed E-state index contributed by atoms with van der Waals surface area (Å²) in [6.07, 6.45) is 0. The average Bonchev–Trinajstić information content (AvgIpc) is 2.05. The van der Waals surface area contributed by atoms with E-state index in [4.69, 9.17) is 0 Å². The lowest BCUT2D eigenvalue weighted by molar-refractivity contribution is -0.0788. The van der Waals surface area contributed by atoms with Crippen LogP contribution in [0.4, 0.5) is 4.53 Å². The van der Waals surface area contributed by atoms with Gasteiger partial charge in [-0.25, -0.2) is 9.74 Å². The fraction of sp³-hybridized carbons (Fsp3) is 0.125. The molecule has 0 aromatic heterocycles. The molecule has 1 aromatic rings. The fourth-order valence-electron chi connectivity index (χ4n) is 0.734. The van der Waals surface area contributed by atoms with Crippen molar-refractivity contribution in [1.82, 2.24) is 0 Å². The molecule has 0 amide bonds. The van der Waals surface area contributed by atoms with Gasteiger partial charge >= 0.3 is 5.97 Å². The second-order valence-corrected chi connectivity index (χ2v) is 2.23. The summed E-state index contributed by atoms with van der Waals surface area (Å²) in [6.45, 7) is 1.88. The van der Waals surface area contributed by atoms with Crippen LogP contribution >= 0.6 is 0 Å². The van der Waals surface area contributed by atoms with Crippen LogP contribution in [-0.4, -0.2) is 5.97 Å². The van der Waals surface area contributed by atoms with Gasteiger partial charge in [0.2, 0.25) is 0 Å². The normalized spacial score (nSPS) is 9.27. The zero-order valence-corrected chi connectivity index (χ0v) is 6.00. The molecule has 0 saturated carbocycles. The van der Waals surface area contributed by atoms with Gasteiger partial charge in [0.1, 0.15) is 0 Å². The lowest BCUT2D eigenvalue weighted by Gasteiger charge is -1.94. The van der Waals surface area contributed by atoms with E-state index in [1.165, 1.54) is 12.1 Å². The first-order valence-electron chi connectivity index (χ1n) is 3.13. The molecule has 0 aliphatic carbocycles. The molecule has 0 saturated heterocycles. The molecule has 0 unspecified atom stereocenters. The Hall–Kier alpha value is -1.38. The van der Waals surface area contributed by atoms with E-state index in [0.717, 1.165) is 5.56 Å². The maximum Gasteiger partial charge on any atom is 0.379 e. The first-order chi connectivity index (χ1) is 5.24. The fourth-order valence-corrected chi connectivity index (χ4v) is 0.734. The van der Waals surface area contributed by atoms with Gasteiger partial charge in [0.05, 0.1) is 5.56 Å². The summed E-state index contributed by atoms with van der Waals surface area (Å²) < 4.78 is 11.3. The molecule has 1 rings (SSSR count). The molecule has 0 spiro atoms. The Bertz CT molecular complexity index is 253. The molecule has 58 valence electrons. The van der Waals surface area contributed by atoms with Gasteiger partial charge in [-0.1, -0.05) is 17.7 Å². The Morgan fingerprint density at radius 1 is 1.36 bits per heavy atom. The van der Waals surface area contributed by atoms with Crippen LogP contribution < -0.4 is 0 Å². The molecule has 1 aromatic carbocycles. The van der Waals surface area contributed by atoms with E-state index < -0.39 is 5.97 Å². The van der Waals surface area contributed by atoms with Gasteiger partial charge in [-0.05, 0) is 19.1 Å². The molecule has 0 fully saturated rings. The van der Waals surface area contributed by atoms with Crippen LogP contribution in [0.25, 0.3) is 0 Å². The summed E-state index contributed by atoms with van der Waals surface area (Å²) in [5, 5.41) is 0. The smallest absolute Gasteiger partial charge is 0.249 e. The largest absolute Gasteiger partial charge is 0.379 e. The minimum atomic E-state index is -0.954. The zero-order valence-electron chi connectivity index (χ0n) is 6.00. The Balaban J connectivity index is 2.90. The van der Waals surface area contributed by atoms with Gasteiger partial charge < -0.3 is 0 Å². The van der Waals surface area contributed by atoms with E-state index in [-0.39, 0.29) is 5.56 Å². The molecule has 0 bridgehead atoms. The van der Waals surface area contributed by atoms with E-state index in [1.807, 2.05) is 6.92 Å². The third-order valence-electron chi connectivity index (χ3n) is 1.36. The van der Waals surface area contributed by atoms with Crippen LogP contribution in [0.5, 0.6) is 0 Å². The van der Waals surface area contributed by atoms with E-state index in [9.17, 15) is 9.32 Å². The van der Waals surface area contributed by atoms with Crippen molar-refractivity contribution >= 4 is 5.97 Å². The van der Waals surface area contributed by atoms with Gasteiger partial charge in [-0.2, -0.15) is 0 Å². The highest BCUT2D eigenvalue weighted by atomic mass is 19.3. The minimum Gasteiger partial charge on any atom is -0.249 e. The van der Waals surface area contributed by atoms with E-state index >= 15 is 0 Å². The number of benzene rings is 1. The first-order valence-corrected chi connectivity index (χ1v) is 3.13. The standard InChI is InChI=1S/C8H7FO2/c1-6-2-4-7(5-3-6)8(10)11-9/h2-5H,1H3. The summed E-state index contributed by atoms with van der Waals surface area (Å²) in [7, 11) is 0. The van der Waals surface area contributed by atoms with E-state index in [0.29, 0.717) is 0 Å². The Morgan fingerprint density at radius 2 is 1.91 bits per heavy atom. The molecule has 0 aliphatic rings. The summed E-state index contributed by atoms with van der Waals surface area (Å²) in [5.74, 6) is -0.954. The van der Waals surface area contributed by atoms with Crippen LogP contribution in [0.3, 0.4) is 0 Å². The predicted octanol–water partition coefficient (Wildman–Crippen LogP) is 2.04. The van der Waals surface area contributed by atoms with Gasteiger partial charge in [0.15, 0.2) is 0 Å². The van der Waals surface area contributed by atoms with Crippen LogP contribution in [0, 0.1) is 6.92 Å². The number of carbonyl (C=O) groups excluding carboxylic acids is 1. The van der Waals surface area contributed by atoms with Gasteiger partial charge in [0.25, 0.3) is 0 Å². The highest BCUT2D eigenvalue weighted by Gasteiger charge is 2.05. The minimum absolute atomic E-state index is 0.220. The number of hydrogen-bond acceptors (Lipinski definition) is 2. The van der Waals surface area contributed by atoms with Crippen LogP contribution in [-0.2, 0) is 4.94 Å². The lowest BCUT2D eigenvalue weighted by atomic mass is 10.2. The number of aryl methyl sites for hydroxylation is 1. The van der Waals surface area contributed by atoms with Crippen molar-refractivity contribution in [2.75, 3.05) is 0 Å². The topological polar surface area (TPSA) is 26.3 Å². The predicted molar refractivity (Wildman–Crippen MR) is 37.7 cm³/mol.